The predicted octanol–water partition coefficient (Wildman–Crippen LogP) is 1.10. The second kappa shape index (κ2) is 6.92. The lowest BCUT2D eigenvalue weighted by Crippen LogP contribution is -2.47. The Kier molecular flexibility index (Phi) is 5.80. The molecule has 0 radical (unpaired) electrons. The van der Waals surface area contributed by atoms with Crippen LogP contribution in [0.1, 0.15) is 40.5 Å². The van der Waals surface area contributed by atoms with Gasteiger partial charge in [0.25, 0.3) is 0 Å². The first kappa shape index (κ1) is 16.8. The molecule has 0 spiro atoms. The number of carbonyl (C=O) groups is 2. The zero-order valence-corrected chi connectivity index (χ0v) is 12.9. The Morgan fingerprint density at radius 3 is 2.65 bits per heavy atom. The van der Waals surface area contributed by atoms with Crippen molar-refractivity contribution in [3.05, 3.63) is 0 Å². The lowest BCUT2D eigenvalue weighted by atomic mass is 9.98. The summed E-state index contributed by atoms with van der Waals surface area (Å²) in [5, 5.41) is 2.82. The summed E-state index contributed by atoms with van der Waals surface area (Å²) in [6, 6.07) is -0.499. The van der Waals surface area contributed by atoms with E-state index in [1.807, 2.05) is 20.8 Å². The molecule has 2 atom stereocenters. The van der Waals surface area contributed by atoms with Gasteiger partial charge in [0, 0.05) is 19.6 Å². The number of hydrogen-bond donors (Lipinski definition) is 2. The van der Waals surface area contributed by atoms with Crippen LogP contribution in [0.15, 0.2) is 0 Å². The van der Waals surface area contributed by atoms with E-state index in [0.29, 0.717) is 19.6 Å². The molecule has 0 aromatic carbocycles. The van der Waals surface area contributed by atoms with Crippen molar-refractivity contribution in [3.63, 3.8) is 0 Å². The number of carbonyl (C=O) groups excluding carboxylic acids is 2. The maximum atomic E-state index is 12.0. The van der Waals surface area contributed by atoms with Crippen LogP contribution in [0.3, 0.4) is 0 Å². The Labute approximate surface area is 121 Å². The molecule has 1 heterocycles. The third-order valence-corrected chi connectivity index (χ3v) is 3.15. The largest absolute Gasteiger partial charge is 0.444 e. The summed E-state index contributed by atoms with van der Waals surface area (Å²) in [6.45, 7) is 9.11. The number of nitrogens with two attached hydrogens (primary N) is 1. The van der Waals surface area contributed by atoms with Crippen LogP contribution in [0.5, 0.6) is 0 Å². The molecule has 20 heavy (non-hydrogen) atoms. The van der Waals surface area contributed by atoms with E-state index in [1.165, 1.54) is 0 Å². The number of piperidine rings is 1. The molecule has 1 fully saturated rings. The highest BCUT2D eigenvalue weighted by Crippen LogP contribution is 2.18. The maximum absolute atomic E-state index is 12.0. The number of hydrogen-bond acceptors (Lipinski definition) is 4. The zero-order valence-electron chi connectivity index (χ0n) is 12.9. The van der Waals surface area contributed by atoms with Crippen LogP contribution < -0.4 is 11.1 Å². The van der Waals surface area contributed by atoms with Crippen molar-refractivity contribution in [1.29, 1.82) is 0 Å². The minimum absolute atomic E-state index is 0.153. The van der Waals surface area contributed by atoms with E-state index >= 15 is 0 Å². The fourth-order valence-corrected chi connectivity index (χ4v) is 2.13. The molecule has 6 heteroatoms. The van der Waals surface area contributed by atoms with Gasteiger partial charge in [-0.25, -0.2) is 4.79 Å². The van der Waals surface area contributed by atoms with Crippen LogP contribution >= 0.6 is 0 Å². The van der Waals surface area contributed by atoms with Crippen LogP contribution in [0.4, 0.5) is 4.79 Å². The van der Waals surface area contributed by atoms with Crippen molar-refractivity contribution in [2.45, 2.75) is 52.2 Å². The molecule has 0 aromatic rings. The Morgan fingerprint density at radius 2 is 2.10 bits per heavy atom. The molecule has 1 aliphatic heterocycles. The van der Waals surface area contributed by atoms with E-state index in [4.69, 9.17) is 10.5 Å². The van der Waals surface area contributed by atoms with Gasteiger partial charge < -0.3 is 20.7 Å². The lowest BCUT2D eigenvalue weighted by Gasteiger charge is -2.34. The standard InChI is InChI=1S/C14H27N3O3/c1-10(15)12(18)16-8-11-6-5-7-17(9-11)13(19)20-14(2,3)4/h10-11H,5-9,15H2,1-4H3,(H,16,18). The molecular weight excluding hydrogens is 258 g/mol. The highest BCUT2D eigenvalue weighted by molar-refractivity contribution is 5.80. The average Bonchev–Trinajstić information content (AvgIpc) is 2.34. The number of likely N-dealkylation sites (tertiary alicyclic amines) is 1. The molecule has 6 nitrogen and oxygen atoms in total. The van der Waals surface area contributed by atoms with Crippen LogP contribution in [-0.2, 0) is 9.53 Å². The molecule has 3 N–H and O–H groups in total. The maximum Gasteiger partial charge on any atom is 0.410 e. The molecule has 1 rings (SSSR count). The predicted molar refractivity (Wildman–Crippen MR) is 77.2 cm³/mol. The third-order valence-electron chi connectivity index (χ3n) is 3.15. The van der Waals surface area contributed by atoms with Crippen LogP contribution in [0.25, 0.3) is 0 Å². The van der Waals surface area contributed by atoms with Crippen molar-refractivity contribution in [2.75, 3.05) is 19.6 Å². The monoisotopic (exact) mass is 285 g/mol. The van der Waals surface area contributed by atoms with Crippen molar-refractivity contribution >= 4 is 12.0 Å². The number of rotatable bonds is 3. The number of nitrogens with one attached hydrogen (secondary N) is 1. The first-order valence-corrected chi connectivity index (χ1v) is 7.20. The van der Waals surface area contributed by atoms with Gasteiger partial charge in [0.15, 0.2) is 0 Å². The highest BCUT2D eigenvalue weighted by Gasteiger charge is 2.27. The molecule has 1 aliphatic rings. The van der Waals surface area contributed by atoms with Crippen molar-refractivity contribution in [1.82, 2.24) is 10.2 Å². The van der Waals surface area contributed by atoms with Gasteiger partial charge in [-0.2, -0.15) is 0 Å². The summed E-state index contributed by atoms with van der Waals surface area (Å²) in [4.78, 5) is 25.2. The van der Waals surface area contributed by atoms with Gasteiger partial charge in [0.2, 0.25) is 5.91 Å². The number of amides is 2. The fourth-order valence-electron chi connectivity index (χ4n) is 2.13. The molecule has 1 saturated heterocycles. The summed E-state index contributed by atoms with van der Waals surface area (Å²) in [5.41, 5.74) is 5.02. The highest BCUT2D eigenvalue weighted by atomic mass is 16.6. The molecule has 0 saturated carbocycles. The van der Waals surface area contributed by atoms with E-state index in [9.17, 15) is 9.59 Å². The third kappa shape index (κ3) is 5.77. The van der Waals surface area contributed by atoms with Gasteiger partial charge in [-0.05, 0) is 46.5 Å². The smallest absolute Gasteiger partial charge is 0.410 e. The summed E-state index contributed by atoms with van der Waals surface area (Å²) in [5.74, 6) is 0.110. The van der Waals surface area contributed by atoms with E-state index in [2.05, 4.69) is 5.32 Å². The van der Waals surface area contributed by atoms with Gasteiger partial charge in [-0.3, -0.25) is 4.79 Å². The fraction of sp³-hybridized carbons (Fsp3) is 0.857. The van der Waals surface area contributed by atoms with Crippen molar-refractivity contribution < 1.29 is 14.3 Å². The Bertz CT molecular complexity index is 350. The molecule has 0 aliphatic carbocycles. The topological polar surface area (TPSA) is 84.7 Å². The lowest BCUT2D eigenvalue weighted by molar-refractivity contribution is -0.122. The van der Waals surface area contributed by atoms with Gasteiger partial charge >= 0.3 is 6.09 Å². The Hall–Kier alpha value is -1.30. The van der Waals surface area contributed by atoms with Gasteiger partial charge in [-0.15, -0.1) is 0 Å². The normalized spacial score (nSPS) is 21.2. The SMILES string of the molecule is CC(N)C(=O)NCC1CCCN(C(=O)OC(C)(C)C)C1. The average molecular weight is 285 g/mol. The van der Waals surface area contributed by atoms with Crippen molar-refractivity contribution in [3.8, 4) is 0 Å². The minimum atomic E-state index is -0.499. The molecule has 0 bridgehead atoms. The van der Waals surface area contributed by atoms with E-state index in [-0.39, 0.29) is 17.9 Å². The van der Waals surface area contributed by atoms with Gasteiger partial charge in [0.05, 0.1) is 6.04 Å². The minimum Gasteiger partial charge on any atom is -0.444 e. The summed E-state index contributed by atoms with van der Waals surface area (Å²) in [6.07, 6.45) is 1.65. The van der Waals surface area contributed by atoms with E-state index in [1.54, 1.807) is 11.8 Å². The van der Waals surface area contributed by atoms with Crippen molar-refractivity contribution in [2.24, 2.45) is 11.7 Å². The van der Waals surface area contributed by atoms with Crippen LogP contribution in [0.2, 0.25) is 0 Å². The van der Waals surface area contributed by atoms with Gasteiger partial charge in [0.1, 0.15) is 5.60 Å². The van der Waals surface area contributed by atoms with E-state index in [0.717, 1.165) is 12.8 Å². The molecule has 2 amide bonds. The first-order valence-electron chi connectivity index (χ1n) is 7.20. The molecule has 2 unspecified atom stereocenters. The molecule has 116 valence electrons. The summed E-state index contributed by atoms with van der Waals surface area (Å²) in [7, 11) is 0. The van der Waals surface area contributed by atoms with E-state index < -0.39 is 11.6 Å². The Morgan fingerprint density at radius 1 is 1.45 bits per heavy atom. The zero-order chi connectivity index (χ0) is 15.3. The summed E-state index contributed by atoms with van der Waals surface area (Å²) < 4.78 is 5.37. The molecular formula is C14H27N3O3. The number of nitrogens with zero attached hydrogens (tertiary/aromatic N) is 1. The Balaban J connectivity index is 2.42. The molecule has 0 aromatic heterocycles. The second-order valence-corrected chi connectivity index (χ2v) is 6.47. The summed E-state index contributed by atoms with van der Waals surface area (Å²) >= 11 is 0. The first-order chi connectivity index (χ1) is 9.19. The number of ether oxygens (including phenoxy) is 1. The second-order valence-electron chi connectivity index (χ2n) is 6.47. The van der Waals surface area contributed by atoms with Gasteiger partial charge in [-0.1, -0.05) is 0 Å². The quantitative estimate of drug-likeness (QED) is 0.813. The van der Waals surface area contributed by atoms with Crippen LogP contribution in [-0.4, -0.2) is 48.2 Å². The van der Waals surface area contributed by atoms with Crippen LogP contribution in [0, 0.1) is 5.92 Å².